The number of carbonyl (C=O) groups excluding carboxylic acids is 4. The van der Waals surface area contributed by atoms with Crippen LogP contribution in [0.4, 0.5) is 0 Å². The van der Waals surface area contributed by atoms with Crippen LogP contribution < -0.4 is 10.7 Å². The Labute approximate surface area is 406 Å². The van der Waals surface area contributed by atoms with Crippen molar-refractivity contribution < 1.29 is 42.2 Å². The van der Waals surface area contributed by atoms with Crippen LogP contribution in [0.15, 0.2) is 65.7 Å². The maximum Gasteiger partial charge on any atom is 0.324 e. The molecule has 17 heteroatoms. The number of carbonyl (C=O) groups is 4. The standard InChI is InChI=1S/C52H69N7O9S/c1-11-32(5)69(65,66)57-22-19-36(29-57)49(62)56(9)46(31(3)4)48(61)54-43-25-34-23-37(26-38(60)24-34)35-17-18-44-40(27-35)41(47(58(44)12-2)39-15-13-20-53-45(39)33(6)67-10)28-52(7,8)30-68-51(64)42-16-14-21-59(55-42)50(43)63/h11,13,15,17-18,20,23-24,26-27,31,33,36,42-43,46,55,60H,12,14,16,19,21-22,25,28-30H2,1-10H3,(H,54,61)/b32-11+/t33-,36-,42-,43-,46-/m0/s1. The summed E-state index contributed by atoms with van der Waals surface area (Å²) in [6.07, 6.45) is 4.69. The molecule has 7 rings (SSSR count). The van der Waals surface area contributed by atoms with Gasteiger partial charge in [0, 0.05) is 74.8 Å². The van der Waals surface area contributed by atoms with Gasteiger partial charge in [-0.1, -0.05) is 45.9 Å². The number of esters is 1. The lowest BCUT2D eigenvalue weighted by molar-refractivity contribution is -0.155. The molecule has 2 aromatic carbocycles. The molecule has 69 heavy (non-hydrogen) atoms. The zero-order valence-electron chi connectivity index (χ0n) is 41.7. The van der Waals surface area contributed by atoms with Gasteiger partial charge in [0.25, 0.3) is 5.91 Å². The number of hydrogen-bond acceptors (Lipinski definition) is 11. The summed E-state index contributed by atoms with van der Waals surface area (Å²) < 4.78 is 41.7. The molecular weight excluding hydrogens is 899 g/mol. The highest BCUT2D eigenvalue weighted by atomic mass is 32.2. The molecule has 0 aliphatic carbocycles. The number of amides is 3. The Morgan fingerprint density at radius 3 is 2.54 bits per heavy atom. The van der Waals surface area contributed by atoms with E-state index < -0.39 is 63.2 Å². The number of pyridine rings is 1. The summed E-state index contributed by atoms with van der Waals surface area (Å²) in [5.74, 6) is -3.05. The summed E-state index contributed by atoms with van der Waals surface area (Å²) in [5, 5.41) is 16.7. The third-order valence-electron chi connectivity index (χ3n) is 14.0. The number of rotatable bonds is 11. The van der Waals surface area contributed by atoms with Gasteiger partial charge in [0.15, 0.2) is 0 Å². The Hall–Kier alpha value is -5.62. The lowest BCUT2D eigenvalue weighted by Crippen LogP contribution is -2.62. The lowest BCUT2D eigenvalue weighted by atomic mass is 9.84. The minimum atomic E-state index is -3.73. The molecule has 2 fully saturated rings. The normalized spacial score (nSPS) is 21.5. The van der Waals surface area contributed by atoms with Crippen LogP contribution >= 0.6 is 0 Å². The number of phenols is 1. The quantitative estimate of drug-likeness (QED) is 0.139. The number of likely N-dealkylation sites (N-methyl/N-ethyl adjacent to an activating group) is 1. The first-order valence-electron chi connectivity index (χ1n) is 24.1. The summed E-state index contributed by atoms with van der Waals surface area (Å²) in [5.41, 5.74) is 9.40. The number of benzene rings is 2. The number of hydrogen-bond donors (Lipinski definition) is 3. The van der Waals surface area contributed by atoms with Gasteiger partial charge < -0.3 is 29.4 Å². The summed E-state index contributed by atoms with van der Waals surface area (Å²) in [4.78, 5) is 63.8. The number of aryl methyl sites for hydroxylation is 1. The Balaban J connectivity index is 1.29. The van der Waals surface area contributed by atoms with E-state index in [9.17, 15) is 32.7 Å². The van der Waals surface area contributed by atoms with Crippen molar-refractivity contribution >= 4 is 44.6 Å². The van der Waals surface area contributed by atoms with Crippen molar-refractivity contribution in [3.8, 4) is 28.1 Å². The summed E-state index contributed by atoms with van der Waals surface area (Å²) in [6.45, 7) is 16.2. The molecule has 6 bridgehead atoms. The number of cyclic esters (lactones) is 1. The smallest absolute Gasteiger partial charge is 0.324 e. The van der Waals surface area contributed by atoms with Crippen molar-refractivity contribution in [2.75, 3.05) is 40.4 Å². The zero-order chi connectivity index (χ0) is 50.1. The molecule has 16 nitrogen and oxygen atoms in total. The number of hydrazine groups is 1. The van der Waals surface area contributed by atoms with Crippen LogP contribution in [-0.4, -0.2) is 120 Å². The summed E-state index contributed by atoms with van der Waals surface area (Å²) in [6, 6.07) is 12.3. The van der Waals surface area contributed by atoms with Crippen LogP contribution in [0, 0.1) is 17.3 Å². The molecule has 0 spiro atoms. The predicted molar refractivity (Wildman–Crippen MR) is 265 cm³/mol. The molecule has 5 heterocycles. The fourth-order valence-electron chi connectivity index (χ4n) is 10.2. The van der Waals surface area contributed by atoms with Crippen molar-refractivity contribution in [2.24, 2.45) is 17.3 Å². The number of fused-ring (bicyclic) bond motifs is 6. The van der Waals surface area contributed by atoms with Gasteiger partial charge >= 0.3 is 5.97 Å². The molecular formula is C52H69N7O9S. The third kappa shape index (κ3) is 10.6. The van der Waals surface area contributed by atoms with E-state index in [1.54, 1.807) is 46.2 Å². The van der Waals surface area contributed by atoms with Crippen molar-refractivity contribution in [3.05, 3.63) is 82.5 Å². The lowest BCUT2D eigenvalue weighted by Gasteiger charge is -2.37. The number of allylic oxidation sites excluding steroid dienone is 2. The first kappa shape index (κ1) is 51.2. The largest absolute Gasteiger partial charge is 0.508 e. The SMILES string of the molecule is C/C=C(\C)S(=O)(=O)N1CC[C@H](C(=O)N(C)[C@H](C(=O)N[C@H]2Cc3cc(O)cc(c3)-c3ccc4c(c3)c(c(-c3cccnc3[C@H](C)OC)n4CC)CC(C)(C)COC(=O)[C@@H]3CCCN(N3)C2=O)C(C)C)C1. The average molecular weight is 968 g/mol. The molecule has 0 saturated carbocycles. The fraction of sp³-hybridized carbons (Fsp3) is 0.519. The molecule has 4 aromatic rings. The maximum absolute atomic E-state index is 14.8. The van der Waals surface area contributed by atoms with Gasteiger partial charge in [-0.15, -0.1) is 0 Å². The average Bonchev–Trinajstić information content (AvgIpc) is 3.95. The van der Waals surface area contributed by atoms with Crippen LogP contribution in [0.25, 0.3) is 33.3 Å². The number of ether oxygens (including phenoxy) is 2. The van der Waals surface area contributed by atoms with Crippen molar-refractivity contribution in [3.63, 3.8) is 0 Å². The number of nitrogens with zero attached hydrogens (tertiary/aromatic N) is 5. The van der Waals surface area contributed by atoms with Crippen molar-refractivity contribution in [1.82, 2.24) is 34.5 Å². The zero-order valence-corrected chi connectivity index (χ0v) is 42.5. The van der Waals surface area contributed by atoms with Gasteiger partial charge in [0.05, 0.1) is 34.9 Å². The molecule has 2 saturated heterocycles. The monoisotopic (exact) mass is 967 g/mol. The molecule has 3 aliphatic rings. The number of nitrogens with one attached hydrogen (secondary N) is 2. The van der Waals surface area contributed by atoms with E-state index in [0.29, 0.717) is 43.4 Å². The minimum absolute atomic E-state index is 0.00919. The fourth-order valence-corrected chi connectivity index (χ4v) is 11.6. The second-order valence-corrected chi connectivity index (χ2v) is 22.0. The van der Waals surface area contributed by atoms with E-state index in [1.807, 2.05) is 25.1 Å². The molecule has 372 valence electrons. The molecule has 3 amide bonds. The predicted octanol–water partition coefficient (Wildman–Crippen LogP) is 6.51. The number of sulfonamides is 1. The van der Waals surface area contributed by atoms with Gasteiger partial charge in [-0.05, 0) is 118 Å². The Morgan fingerprint density at radius 2 is 1.84 bits per heavy atom. The molecule has 0 radical (unpaired) electrons. The van der Waals surface area contributed by atoms with Gasteiger partial charge in [0.2, 0.25) is 21.8 Å². The van der Waals surface area contributed by atoms with E-state index in [1.165, 1.54) is 34.3 Å². The number of phenolic OH excluding ortho intramolecular Hbond substituents is 1. The molecule has 0 unspecified atom stereocenters. The van der Waals surface area contributed by atoms with E-state index in [4.69, 9.17) is 14.5 Å². The van der Waals surface area contributed by atoms with E-state index in [2.05, 4.69) is 54.3 Å². The summed E-state index contributed by atoms with van der Waals surface area (Å²) >= 11 is 0. The van der Waals surface area contributed by atoms with Crippen LogP contribution in [0.1, 0.15) is 97.6 Å². The summed E-state index contributed by atoms with van der Waals surface area (Å²) in [7, 11) is -0.525. The molecule has 3 aliphatic heterocycles. The number of methoxy groups -OCH3 is 1. The Morgan fingerprint density at radius 1 is 1.09 bits per heavy atom. The van der Waals surface area contributed by atoms with E-state index in [-0.39, 0.29) is 55.3 Å². The van der Waals surface area contributed by atoms with E-state index >= 15 is 0 Å². The van der Waals surface area contributed by atoms with Crippen LogP contribution in [0.5, 0.6) is 5.75 Å². The van der Waals surface area contributed by atoms with Crippen LogP contribution in [-0.2, 0) is 58.1 Å². The number of aromatic hydroxyl groups is 1. The highest BCUT2D eigenvalue weighted by Crippen LogP contribution is 2.42. The van der Waals surface area contributed by atoms with Gasteiger partial charge in [-0.2, -0.15) is 4.31 Å². The van der Waals surface area contributed by atoms with Crippen molar-refractivity contribution in [2.45, 2.75) is 118 Å². The first-order valence-corrected chi connectivity index (χ1v) is 25.5. The Bertz CT molecular complexity index is 2750. The Kier molecular flexibility index (Phi) is 15.4. The van der Waals surface area contributed by atoms with Crippen LogP contribution in [0.3, 0.4) is 0 Å². The number of aromatic nitrogens is 2. The molecule has 2 aromatic heterocycles. The topological polar surface area (TPSA) is 193 Å². The van der Waals surface area contributed by atoms with Crippen molar-refractivity contribution in [1.29, 1.82) is 0 Å². The molecule has 3 N–H and O–H groups in total. The minimum Gasteiger partial charge on any atom is -0.508 e. The van der Waals surface area contributed by atoms with E-state index in [0.717, 1.165) is 39.0 Å². The van der Waals surface area contributed by atoms with Crippen LogP contribution in [0.2, 0.25) is 0 Å². The van der Waals surface area contributed by atoms with Gasteiger partial charge in [-0.3, -0.25) is 29.2 Å². The third-order valence-corrected chi connectivity index (χ3v) is 16.1. The second kappa shape index (κ2) is 20.8. The second-order valence-electron chi connectivity index (χ2n) is 19.9. The van der Waals surface area contributed by atoms with Gasteiger partial charge in [0.1, 0.15) is 23.9 Å². The highest BCUT2D eigenvalue weighted by Gasteiger charge is 2.42. The molecule has 5 atom stereocenters. The highest BCUT2D eigenvalue weighted by molar-refractivity contribution is 7.93. The maximum atomic E-state index is 14.8. The first-order chi connectivity index (χ1) is 32.7. The van der Waals surface area contributed by atoms with Gasteiger partial charge in [-0.25, -0.2) is 13.8 Å².